The number of carbonyl (C=O) groups is 1. The summed E-state index contributed by atoms with van der Waals surface area (Å²) in [5.74, 6) is 1.08. The molecular weight excluding hydrogens is 405 g/mol. The maximum atomic E-state index is 13.3. The standard InChI is InChI=1S/C26H26FN3O2/c27-20-10-12-21(13-11-20)29-18-16-28(17-19-29)14-5-15-30-23-7-2-4-9-25(23)32-24-8-3-1-6-22(24)26(30)31/h1-4,6-13H,5,14-19H2. The third kappa shape index (κ3) is 4.18. The third-order valence-corrected chi connectivity index (χ3v) is 6.16. The number of ether oxygens (including phenoxy) is 1. The maximum absolute atomic E-state index is 13.3. The molecule has 164 valence electrons. The van der Waals surface area contributed by atoms with Gasteiger partial charge in [0.2, 0.25) is 0 Å². The summed E-state index contributed by atoms with van der Waals surface area (Å²) in [5, 5.41) is 0. The van der Waals surface area contributed by atoms with Crippen molar-refractivity contribution in [2.24, 2.45) is 0 Å². The molecule has 1 amide bonds. The van der Waals surface area contributed by atoms with Gasteiger partial charge >= 0.3 is 0 Å². The smallest absolute Gasteiger partial charge is 0.262 e. The van der Waals surface area contributed by atoms with Crippen molar-refractivity contribution in [2.75, 3.05) is 49.1 Å². The second-order valence-corrected chi connectivity index (χ2v) is 8.18. The quantitative estimate of drug-likeness (QED) is 0.582. The average Bonchev–Trinajstić information content (AvgIpc) is 2.95. The third-order valence-electron chi connectivity index (χ3n) is 6.16. The molecule has 6 heteroatoms. The van der Waals surface area contributed by atoms with Gasteiger partial charge in [-0.25, -0.2) is 4.39 Å². The maximum Gasteiger partial charge on any atom is 0.262 e. The molecule has 0 unspecified atom stereocenters. The van der Waals surface area contributed by atoms with E-state index in [1.54, 1.807) is 0 Å². The molecule has 0 aromatic heterocycles. The van der Waals surface area contributed by atoms with Crippen molar-refractivity contribution < 1.29 is 13.9 Å². The minimum atomic E-state index is -0.204. The van der Waals surface area contributed by atoms with E-state index >= 15 is 0 Å². The van der Waals surface area contributed by atoms with Crippen molar-refractivity contribution >= 4 is 17.3 Å². The van der Waals surface area contributed by atoms with Crippen molar-refractivity contribution in [3.8, 4) is 11.5 Å². The van der Waals surface area contributed by atoms with Crippen LogP contribution in [0.2, 0.25) is 0 Å². The average molecular weight is 432 g/mol. The van der Waals surface area contributed by atoms with Crippen molar-refractivity contribution in [3.63, 3.8) is 0 Å². The van der Waals surface area contributed by atoms with E-state index in [1.807, 2.05) is 65.6 Å². The normalized spacial score (nSPS) is 16.2. The van der Waals surface area contributed by atoms with Gasteiger partial charge < -0.3 is 14.5 Å². The molecule has 5 nitrogen and oxygen atoms in total. The molecule has 2 aliphatic rings. The molecular formula is C26H26FN3O2. The summed E-state index contributed by atoms with van der Waals surface area (Å²) >= 11 is 0. The molecule has 3 aromatic rings. The predicted molar refractivity (Wildman–Crippen MR) is 124 cm³/mol. The van der Waals surface area contributed by atoms with Gasteiger partial charge in [-0.1, -0.05) is 24.3 Å². The Morgan fingerprint density at radius 3 is 2.25 bits per heavy atom. The zero-order valence-electron chi connectivity index (χ0n) is 17.9. The summed E-state index contributed by atoms with van der Waals surface area (Å²) in [4.78, 5) is 19.9. The second-order valence-electron chi connectivity index (χ2n) is 8.18. The van der Waals surface area contributed by atoms with Gasteiger partial charge in [0.1, 0.15) is 11.6 Å². The number of anilines is 2. The Morgan fingerprint density at radius 1 is 0.781 bits per heavy atom. The molecule has 1 fully saturated rings. The van der Waals surface area contributed by atoms with Crippen LogP contribution in [0.4, 0.5) is 15.8 Å². The van der Waals surface area contributed by atoms with Crippen LogP contribution in [0, 0.1) is 5.82 Å². The van der Waals surface area contributed by atoms with Crippen LogP contribution in [0.25, 0.3) is 0 Å². The summed E-state index contributed by atoms with van der Waals surface area (Å²) in [7, 11) is 0. The van der Waals surface area contributed by atoms with Crippen LogP contribution < -0.4 is 14.5 Å². The molecule has 1 saturated heterocycles. The molecule has 0 aliphatic carbocycles. The first kappa shape index (κ1) is 20.5. The van der Waals surface area contributed by atoms with E-state index in [0.29, 0.717) is 23.6 Å². The van der Waals surface area contributed by atoms with Crippen molar-refractivity contribution in [2.45, 2.75) is 6.42 Å². The molecule has 0 saturated carbocycles. The summed E-state index contributed by atoms with van der Waals surface area (Å²) in [6.45, 7) is 5.29. The number of hydrogen-bond acceptors (Lipinski definition) is 4. The largest absolute Gasteiger partial charge is 0.454 e. The van der Waals surface area contributed by atoms with Gasteiger partial charge in [0, 0.05) is 38.4 Å². The van der Waals surface area contributed by atoms with Crippen molar-refractivity contribution in [1.82, 2.24) is 4.90 Å². The number of amides is 1. The predicted octanol–water partition coefficient (Wildman–Crippen LogP) is 4.79. The fourth-order valence-electron chi connectivity index (χ4n) is 4.43. The fraction of sp³-hybridized carbons (Fsp3) is 0.269. The van der Waals surface area contributed by atoms with E-state index in [2.05, 4.69) is 9.80 Å². The van der Waals surface area contributed by atoms with E-state index in [0.717, 1.165) is 50.5 Å². The molecule has 0 radical (unpaired) electrons. The lowest BCUT2D eigenvalue weighted by Gasteiger charge is -2.36. The number of fused-ring (bicyclic) bond motifs is 2. The SMILES string of the molecule is O=C1c2ccccc2Oc2ccccc2N1CCCN1CCN(c2ccc(F)cc2)CC1. The van der Waals surface area contributed by atoms with Crippen LogP contribution in [0.15, 0.2) is 72.8 Å². The summed E-state index contributed by atoms with van der Waals surface area (Å²) in [6, 6.07) is 21.8. The lowest BCUT2D eigenvalue weighted by Crippen LogP contribution is -2.47. The molecule has 0 bridgehead atoms. The first-order valence-corrected chi connectivity index (χ1v) is 11.1. The number of hydrogen-bond donors (Lipinski definition) is 0. The number of rotatable bonds is 5. The Bertz CT molecular complexity index is 1090. The van der Waals surface area contributed by atoms with Gasteiger partial charge in [-0.15, -0.1) is 0 Å². The van der Waals surface area contributed by atoms with Crippen LogP contribution >= 0.6 is 0 Å². The number of nitrogens with zero attached hydrogens (tertiary/aromatic N) is 3. The van der Waals surface area contributed by atoms with E-state index < -0.39 is 0 Å². The summed E-state index contributed by atoms with van der Waals surface area (Å²) in [6.07, 6.45) is 0.874. The number of piperazine rings is 1. The van der Waals surface area contributed by atoms with Gasteiger partial charge in [-0.2, -0.15) is 0 Å². The molecule has 2 heterocycles. The Morgan fingerprint density at radius 2 is 1.47 bits per heavy atom. The van der Waals surface area contributed by atoms with Crippen LogP contribution in [0.5, 0.6) is 11.5 Å². The molecule has 0 spiro atoms. The summed E-state index contributed by atoms with van der Waals surface area (Å²) in [5.41, 5.74) is 2.47. The van der Waals surface area contributed by atoms with Crippen LogP contribution in [-0.2, 0) is 0 Å². The zero-order chi connectivity index (χ0) is 21.9. The highest BCUT2D eigenvalue weighted by atomic mass is 19.1. The van der Waals surface area contributed by atoms with Crippen LogP contribution in [0.3, 0.4) is 0 Å². The van der Waals surface area contributed by atoms with Crippen LogP contribution in [0.1, 0.15) is 16.8 Å². The molecule has 5 rings (SSSR count). The Kier molecular flexibility index (Phi) is 5.77. The van der Waals surface area contributed by atoms with E-state index in [-0.39, 0.29) is 11.7 Å². The number of halogens is 1. The van der Waals surface area contributed by atoms with Gasteiger partial charge in [-0.05, 0) is 61.5 Å². The first-order chi connectivity index (χ1) is 15.7. The highest BCUT2D eigenvalue weighted by molar-refractivity contribution is 6.09. The zero-order valence-corrected chi connectivity index (χ0v) is 17.9. The van der Waals surface area contributed by atoms with Gasteiger partial charge in [-0.3, -0.25) is 9.69 Å². The molecule has 2 aliphatic heterocycles. The topological polar surface area (TPSA) is 36.0 Å². The number of benzene rings is 3. The second kappa shape index (κ2) is 9.01. The minimum Gasteiger partial charge on any atom is -0.454 e. The Balaban J connectivity index is 1.21. The van der Waals surface area contributed by atoms with Crippen molar-refractivity contribution in [1.29, 1.82) is 0 Å². The lowest BCUT2D eigenvalue weighted by atomic mass is 10.1. The Hall–Kier alpha value is -3.38. The first-order valence-electron chi connectivity index (χ1n) is 11.1. The van der Waals surface area contributed by atoms with E-state index in [1.165, 1.54) is 12.1 Å². The van der Waals surface area contributed by atoms with Gasteiger partial charge in [0.15, 0.2) is 5.75 Å². The molecule has 0 N–H and O–H groups in total. The highest BCUT2D eigenvalue weighted by Crippen LogP contribution is 2.38. The fourth-order valence-corrected chi connectivity index (χ4v) is 4.43. The molecule has 0 atom stereocenters. The Labute approximate surface area is 187 Å². The number of carbonyl (C=O) groups excluding carboxylic acids is 1. The monoisotopic (exact) mass is 431 g/mol. The molecule has 32 heavy (non-hydrogen) atoms. The molecule has 3 aromatic carbocycles. The summed E-state index contributed by atoms with van der Waals surface area (Å²) < 4.78 is 19.2. The van der Waals surface area contributed by atoms with E-state index in [9.17, 15) is 9.18 Å². The van der Waals surface area contributed by atoms with E-state index in [4.69, 9.17) is 4.74 Å². The van der Waals surface area contributed by atoms with Crippen LogP contribution in [-0.4, -0.2) is 50.1 Å². The number of para-hydroxylation sites is 3. The lowest BCUT2D eigenvalue weighted by molar-refractivity contribution is 0.0985. The van der Waals surface area contributed by atoms with Crippen molar-refractivity contribution in [3.05, 3.63) is 84.2 Å². The minimum absolute atomic E-state index is 0.0216. The van der Waals surface area contributed by atoms with Gasteiger partial charge in [0.05, 0.1) is 11.3 Å². The highest BCUT2D eigenvalue weighted by Gasteiger charge is 2.27. The van der Waals surface area contributed by atoms with Gasteiger partial charge in [0.25, 0.3) is 5.91 Å².